The van der Waals surface area contributed by atoms with Gasteiger partial charge in [-0.05, 0) is 36.7 Å². The van der Waals surface area contributed by atoms with E-state index in [-0.39, 0.29) is 23.3 Å². The Morgan fingerprint density at radius 1 is 1.55 bits per heavy atom. The summed E-state index contributed by atoms with van der Waals surface area (Å²) in [5.74, 6) is -1.19. The van der Waals surface area contributed by atoms with E-state index in [9.17, 15) is 9.18 Å². The van der Waals surface area contributed by atoms with Gasteiger partial charge in [0.25, 0.3) is 0 Å². The molecule has 0 saturated carbocycles. The topological polar surface area (TPSA) is 88.2 Å². The van der Waals surface area contributed by atoms with Gasteiger partial charge >= 0.3 is 5.97 Å². The van der Waals surface area contributed by atoms with Crippen LogP contribution < -0.4 is 0 Å². The lowest BCUT2D eigenvalue weighted by Crippen LogP contribution is -2.05. The van der Waals surface area contributed by atoms with Crippen molar-refractivity contribution in [3.63, 3.8) is 0 Å². The molecular formula is C13H10FN3O3. The van der Waals surface area contributed by atoms with Gasteiger partial charge in [0.1, 0.15) is 17.1 Å². The van der Waals surface area contributed by atoms with Crippen LogP contribution in [0.15, 0.2) is 39.7 Å². The monoisotopic (exact) mass is 275 g/mol. The highest BCUT2D eigenvalue weighted by atomic mass is 19.1. The van der Waals surface area contributed by atoms with Crippen LogP contribution in [0.3, 0.4) is 0 Å². The zero-order valence-corrected chi connectivity index (χ0v) is 10.5. The summed E-state index contributed by atoms with van der Waals surface area (Å²) in [4.78, 5) is 14.2. The number of nitrogens with zero attached hydrogens (tertiary/aromatic N) is 3. The average Bonchev–Trinajstić information content (AvgIpc) is 2.91. The predicted octanol–water partition coefficient (Wildman–Crippen LogP) is 3.79. The van der Waals surface area contributed by atoms with Gasteiger partial charge in [-0.1, -0.05) is 5.11 Å². The van der Waals surface area contributed by atoms with Crippen LogP contribution in [-0.4, -0.2) is 12.6 Å². The molecule has 2 rings (SSSR count). The summed E-state index contributed by atoms with van der Waals surface area (Å²) in [6, 6.07) is 4.13. The standard InChI is InChI=1S/C13H10FN3O3/c1-2-19-13(18)11(16-17-15)7-8-3-4-10(14)9-5-6-20-12(8)9/h3-7H,2H2,1H3. The summed E-state index contributed by atoms with van der Waals surface area (Å²) in [5.41, 5.74) is 8.93. The number of halogens is 1. The van der Waals surface area contributed by atoms with E-state index < -0.39 is 11.8 Å². The Balaban J connectivity index is 2.54. The molecule has 0 fully saturated rings. The molecule has 0 radical (unpaired) electrons. The quantitative estimate of drug-likeness (QED) is 0.279. The summed E-state index contributed by atoms with van der Waals surface area (Å²) in [6.45, 7) is 1.78. The smallest absolute Gasteiger partial charge is 0.340 e. The second kappa shape index (κ2) is 5.90. The fourth-order valence-electron chi connectivity index (χ4n) is 1.69. The molecule has 0 aliphatic heterocycles. The van der Waals surface area contributed by atoms with Crippen molar-refractivity contribution in [3.8, 4) is 0 Å². The van der Waals surface area contributed by atoms with Crippen LogP contribution in [-0.2, 0) is 9.53 Å². The summed E-state index contributed by atoms with van der Waals surface area (Å²) in [5, 5.41) is 3.56. The van der Waals surface area contributed by atoms with Crippen molar-refractivity contribution in [1.82, 2.24) is 0 Å². The van der Waals surface area contributed by atoms with Crippen LogP contribution in [0.25, 0.3) is 27.5 Å². The molecule has 7 heteroatoms. The molecule has 0 N–H and O–H groups in total. The van der Waals surface area contributed by atoms with Crippen molar-refractivity contribution in [2.45, 2.75) is 6.92 Å². The zero-order chi connectivity index (χ0) is 14.5. The van der Waals surface area contributed by atoms with Crippen molar-refractivity contribution in [3.05, 3.63) is 52.0 Å². The molecule has 0 amide bonds. The normalized spacial score (nSPS) is 11.2. The number of azide groups is 1. The Hall–Kier alpha value is -2.79. The molecule has 0 aliphatic rings. The first kappa shape index (κ1) is 13.6. The molecule has 6 nitrogen and oxygen atoms in total. The van der Waals surface area contributed by atoms with E-state index in [0.717, 1.165) is 0 Å². The highest BCUT2D eigenvalue weighted by molar-refractivity contribution is 5.96. The van der Waals surface area contributed by atoms with Gasteiger partial charge in [-0.15, -0.1) is 0 Å². The van der Waals surface area contributed by atoms with E-state index in [1.807, 2.05) is 0 Å². The molecule has 0 atom stereocenters. The largest absolute Gasteiger partial charge is 0.464 e. The third-order valence-electron chi connectivity index (χ3n) is 2.52. The molecule has 1 aromatic heterocycles. The van der Waals surface area contributed by atoms with Crippen molar-refractivity contribution in [2.75, 3.05) is 6.61 Å². The van der Waals surface area contributed by atoms with E-state index in [4.69, 9.17) is 14.7 Å². The number of carbonyl (C=O) groups excluding carboxylic acids is 1. The molecule has 1 aromatic carbocycles. The minimum atomic E-state index is -0.755. The number of benzene rings is 1. The first-order chi connectivity index (χ1) is 9.67. The molecule has 1 heterocycles. The van der Waals surface area contributed by atoms with Crippen LogP contribution in [0.2, 0.25) is 0 Å². The SMILES string of the molecule is CCOC(=O)C(=Cc1ccc(F)c2ccoc12)N=[N+]=[N-]. The van der Waals surface area contributed by atoms with Crippen molar-refractivity contribution >= 4 is 23.0 Å². The van der Waals surface area contributed by atoms with Crippen LogP contribution >= 0.6 is 0 Å². The van der Waals surface area contributed by atoms with Gasteiger partial charge < -0.3 is 9.15 Å². The molecule has 20 heavy (non-hydrogen) atoms. The number of rotatable bonds is 4. The molecule has 0 aliphatic carbocycles. The van der Waals surface area contributed by atoms with E-state index in [1.54, 1.807) is 6.92 Å². The van der Waals surface area contributed by atoms with Gasteiger partial charge in [0.2, 0.25) is 0 Å². The average molecular weight is 275 g/mol. The van der Waals surface area contributed by atoms with E-state index in [0.29, 0.717) is 5.56 Å². The highest BCUT2D eigenvalue weighted by Gasteiger charge is 2.12. The van der Waals surface area contributed by atoms with Crippen LogP contribution in [0.1, 0.15) is 12.5 Å². The summed E-state index contributed by atoms with van der Waals surface area (Å²) in [7, 11) is 0. The van der Waals surface area contributed by atoms with Crippen molar-refractivity contribution in [2.24, 2.45) is 5.11 Å². The maximum Gasteiger partial charge on any atom is 0.340 e. The van der Waals surface area contributed by atoms with Gasteiger partial charge in [-0.25, -0.2) is 9.18 Å². The maximum absolute atomic E-state index is 13.5. The minimum Gasteiger partial charge on any atom is -0.464 e. The van der Waals surface area contributed by atoms with E-state index in [2.05, 4.69) is 10.0 Å². The van der Waals surface area contributed by atoms with Crippen LogP contribution in [0.5, 0.6) is 0 Å². The Kier molecular flexibility index (Phi) is 4.02. The number of esters is 1. The fraction of sp³-hybridized carbons (Fsp3) is 0.154. The third-order valence-corrected chi connectivity index (χ3v) is 2.52. The molecule has 0 spiro atoms. The van der Waals surface area contributed by atoms with Gasteiger partial charge in [-0.3, -0.25) is 0 Å². The zero-order valence-electron chi connectivity index (χ0n) is 10.5. The Morgan fingerprint density at radius 3 is 3.05 bits per heavy atom. The lowest BCUT2D eigenvalue weighted by molar-refractivity contribution is -0.138. The lowest BCUT2D eigenvalue weighted by atomic mass is 10.1. The minimum absolute atomic E-state index is 0.150. The Labute approximate surface area is 113 Å². The van der Waals surface area contributed by atoms with Crippen LogP contribution in [0.4, 0.5) is 4.39 Å². The van der Waals surface area contributed by atoms with Gasteiger partial charge in [0, 0.05) is 10.5 Å². The first-order valence-corrected chi connectivity index (χ1v) is 5.77. The summed E-state index contributed by atoms with van der Waals surface area (Å²) >= 11 is 0. The number of fused-ring (bicyclic) bond motifs is 1. The second-order valence-corrected chi connectivity index (χ2v) is 3.74. The second-order valence-electron chi connectivity index (χ2n) is 3.74. The number of carbonyl (C=O) groups is 1. The van der Waals surface area contributed by atoms with Gasteiger partial charge in [-0.2, -0.15) is 0 Å². The van der Waals surface area contributed by atoms with Gasteiger partial charge in [0.15, 0.2) is 0 Å². The first-order valence-electron chi connectivity index (χ1n) is 5.77. The van der Waals surface area contributed by atoms with Crippen LogP contribution in [0, 0.1) is 5.82 Å². The van der Waals surface area contributed by atoms with E-state index in [1.165, 1.54) is 30.5 Å². The summed E-state index contributed by atoms with van der Waals surface area (Å²) < 4.78 is 23.5. The molecule has 0 unspecified atom stereocenters. The molecule has 2 aromatic rings. The highest BCUT2D eigenvalue weighted by Crippen LogP contribution is 2.25. The number of ether oxygens (including phenoxy) is 1. The Bertz CT molecular complexity index is 730. The number of furan rings is 1. The molecule has 102 valence electrons. The van der Waals surface area contributed by atoms with Crippen molar-refractivity contribution in [1.29, 1.82) is 0 Å². The number of hydrogen-bond donors (Lipinski definition) is 0. The van der Waals surface area contributed by atoms with Gasteiger partial charge in [0.05, 0.1) is 18.3 Å². The van der Waals surface area contributed by atoms with Crippen molar-refractivity contribution < 1.29 is 18.3 Å². The van der Waals surface area contributed by atoms with E-state index >= 15 is 0 Å². The predicted molar refractivity (Wildman–Crippen MR) is 69.9 cm³/mol. The molecule has 0 saturated heterocycles. The fourth-order valence-corrected chi connectivity index (χ4v) is 1.69. The lowest BCUT2D eigenvalue weighted by Gasteiger charge is -2.02. The molecule has 0 bridgehead atoms. The summed E-state index contributed by atoms with van der Waals surface area (Å²) in [6.07, 6.45) is 2.63. The Morgan fingerprint density at radius 2 is 2.35 bits per heavy atom. The molecular weight excluding hydrogens is 265 g/mol. The number of hydrogen-bond acceptors (Lipinski definition) is 4. The maximum atomic E-state index is 13.5. The third kappa shape index (κ3) is 2.62.